The van der Waals surface area contributed by atoms with Crippen LogP contribution in [0.15, 0.2) is 53.5 Å². The molecule has 0 unspecified atom stereocenters. The highest BCUT2D eigenvalue weighted by molar-refractivity contribution is 5.91. The van der Waals surface area contributed by atoms with E-state index in [1.165, 1.54) is 35.2 Å². The van der Waals surface area contributed by atoms with Gasteiger partial charge in [-0.1, -0.05) is 12.1 Å². The number of hydrogen-bond donors (Lipinski definition) is 1. The highest BCUT2D eigenvalue weighted by Crippen LogP contribution is 2.04. The molecular weight excluding hydrogens is 273 g/mol. The van der Waals surface area contributed by atoms with E-state index in [9.17, 15) is 14.0 Å². The second kappa shape index (κ2) is 7.14. The van der Waals surface area contributed by atoms with Crippen LogP contribution in [-0.2, 0) is 11.3 Å². The molecule has 2 rings (SSSR count). The van der Waals surface area contributed by atoms with Crippen molar-refractivity contribution in [2.24, 2.45) is 0 Å². The fraction of sp³-hybridized carbons (Fsp3) is 0.133. The van der Waals surface area contributed by atoms with Crippen LogP contribution >= 0.6 is 0 Å². The summed E-state index contributed by atoms with van der Waals surface area (Å²) in [6.45, 7) is 0.597. The minimum Gasteiger partial charge on any atom is -0.351 e. The van der Waals surface area contributed by atoms with Gasteiger partial charge >= 0.3 is 0 Å². The van der Waals surface area contributed by atoms with Gasteiger partial charge in [0.2, 0.25) is 5.91 Å². The first kappa shape index (κ1) is 14.6. The van der Waals surface area contributed by atoms with Crippen LogP contribution in [-0.4, -0.2) is 22.2 Å². The summed E-state index contributed by atoms with van der Waals surface area (Å²) in [5, 5.41) is 6.52. The molecule has 0 aliphatic rings. The fourth-order valence-electron chi connectivity index (χ4n) is 1.64. The predicted octanol–water partition coefficient (Wildman–Crippen LogP) is 1.21. The average molecular weight is 287 g/mol. The summed E-state index contributed by atoms with van der Waals surface area (Å²) in [7, 11) is 0. The maximum atomic E-state index is 12.7. The first-order valence-electron chi connectivity index (χ1n) is 6.39. The van der Waals surface area contributed by atoms with Crippen molar-refractivity contribution in [1.82, 2.24) is 15.1 Å². The van der Waals surface area contributed by atoms with Crippen LogP contribution in [0.4, 0.5) is 4.39 Å². The smallest absolute Gasteiger partial charge is 0.266 e. The Kier molecular flexibility index (Phi) is 4.98. The predicted molar refractivity (Wildman–Crippen MR) is 76.9 cm³/mol. The molecule has 6 heteroatoms. The Morgan fingerprint density at radius 2 is 2.05 bits per heavy atom. The molecule has 1 N–H and O–H groups in total. The van der Waals surface area contributed by atoms with Crippen LogP contribution < -0.4 is 10.9 Å². The molecule has 21 heavy (non-hydrogen) atoms. The van der Waals surface area contributed by atoms with Gasteiger partial charge in [-0.2, -0.15) is 5.10 Å². The maximum Gasteiger partial charge on any atom is 0.266 e. The van der Waals surface area contributed by atoms with Crippen LogP contribution in [0.3, 0.4) is 0 Å². The Bertz CT molecular complexity index is 693. The monoisotopic (exact) mass is 287 g/mol. The Balaban J connectivity index is 1.81. The van der Waals surface area contributed by atoms with Crippen molar-refractivity contribution in [3.8, 4) is 0 Å². The lowest BCUT2D eigenvalue weighted by Crippen LogP contribution is -2.30. The van der Waals surface area contributed by atoms with Crippen molar-refractivity contribution < 1.29 is 9.18 Å². The molecule has 0 bridgehead atoms. The third-order valence-electron chi connectivity index (χ3n) is 2.71. The minimum absolute atomic E-state index is 0.214. The van der Waals surface area contributed by atoms with Gasteiger partial charge in [0.15, 0.2) is 0 Å². The van der Waals surface area contributed by atoms with Crippen molar-refractivity contribution in [2.45, 2.75) is 6.54 Å². The van der Waals surface area contributed by atoms with Crippen molar-refractivity contribution in [1.29, 1.82) is 0 Å². The number of nitrogens with zero attached hydrogens (tertiary/aromatic N) is 2. The number of hydrogen-bond acceptors (Lipinski definition) is 3. The zero-order chi connectivity index (χ0) is 15.1. The van der Waals surface area contributed by atoms with E-state index in [1.54, 1.807) is 24.3 Å². The van der Waals surface area contributed by atoms with E-state index in [0.717, 1.165) is 5.56 Å². The summed E-state index contributed by atoms with van der Waals surface area (Å²) in [6.07, 6.45) is 4.45. The number of carbonyl (C=O) groups excluding carboxylic acids is 1. The van der Waals surface area contributed by atoms with Crippen molar-refractivity contribution >= 4 is 12.0 Å². The second-order valence-corrected chi connectivity index (χ2v) is 4.26. The maximum absolute atomic E-state index is 12.7. The molecule has 5 nitrogen and oxygen atoms in total. The number of halogens is 1. The Morgan fingerprint density at radius 1 is 1.29 bits per heavy atom. The van der Waals surface area contributed by atoms with E-state index >= 15 is 0 Å². The summed E-state index contributed by atoms with van der Waals surface area (Å²) < 4.78 is 14.0. The normalized spacial score (nSPS) is 10.7. The molecule has 0 fully saturated rings. The number of carbonyl (C=O) groups is 1. The molecule has 0 spiro atoms. The summed E-state index contributed by atoms with van der Waals surface area (Å²) in [5.74, 6) is -0.610. The van der Waals surface area contributed by atoms with Gasteiger partial charge in [-0.25, -0.2) is 9.07 Å². The van der Waals surface area contributed by atoms with Gasteiger partial charge in [0.05, 0.1) is 6.54 Å². The third kappa shape index (κ3) is 4.68. The summed E-state index contributed by atoms with van der Waals surface area (Å²) in [4.78, 5) is 23.0. The Labute approximate surface area is 120 Å². The lowest BCUT2D eigenvalue weighted by atomic mass is 10.2. The highest BCUT2D eigenvalue weighted by atomic mass is 19.1. The van der Waals surface area contributed by atoms with Crippen LogP contribution in [0, 0.1) is 5.82 Å². The lowest BCUT2D eigenvalue weighted by Gasteiger charge is -2.04. The molecule has 0 radical (unpaired) electrons. The Hall–Kier alpha value is -2.76. The zero-order valence-corrected chi connectivity index (χ0v) is 11.2. The average Bonchev–Trinajstić information content (AvgIpc) is 2.49. The summed E-state index contributed by atoms with van der Waals surface area (Å²) >= 11 is 0. The number of amides is 1. The van der Waals surface area contributed by atoms with Gasteiger partial charge in [0.1, 0.15) is 5.82 Å². The minimum atomic E-state index is -0.322. The summed E-state index contributed by atoms with van der Waals surface area (Å²) in [6, 6.07) is 8.77. The van der Waals surface area contributed by atoms with Gasteiger partial charge in [0.25, 0.3) is 5.56 Å². The Morgan fingerprint density at radius 3 is 2.76 bits per heavy atom. The number of nitrogens with one attached hydrogen (secondary N) is 1. The fourth-order valence-corrected chi connectivity index (χ4v) is 1.64. The van der Waals surface area contributed by atoms with Gasteiger partial charge < -0.3 is 5.32 Å². The van der Waals surface area contributed by atoms with E-state index in [4.69, 9.17) is 0 Å². The molecule has 0 aliphatic heterocycles. The number of aromatic nitrogens is 2. The quantitative estimate of drug-likeness (QED) is 0.841. The van der Waals surface area contributed by atoms with Crippen LogP contribution in [0.25, 0.3) is 6.08 Å². The molecule has 2 aromatic rings. The standard InChI is InChI=1S/C15H14FN3O2/c16-13-6-3-12(4-7-13)5-8-14(20)17-10-11-19-15(21)2-1-9-18-19/h1-9H,10-11H2,(H,17,20)/b8-5+. The van der Waals surface area contributed by atoms with E-state index in [0.29, 0.717) is 13.1 Å². The first-order valence-corrected chi connectivity index (χ1v) is 6.39. The largest absolute Gasteiger partial charge is 0.351 e. The molecular formula is C15H14FN3O2. The van der Waals surface area contributed by atoms with Crippen LogP contribution in [0.2, 0.25) is 0 Å². The molecule has 1 amide bonds. The molecule has 0 saturated heterocycles. The number of rotatable bonds is 5. The van der Waals surface area contributed by atoms with Crippen LogP contribution in [0.1, 0.15) is 5.56 Å². The molecule has 1 aromatic carbocycles. The lowest BCUT2D eigenvalue weighted by molar-refractivity contribution is -0.116. The van der Waals surface area contributed by atoms with Crippen molar-refractivity contribution in [3.05, 3.63) is 70.4 Å². The molecule has 0 aliphatic carbocycles. The highest BCUT2D eigenvalue weighted by Gasteiger charge is 1.98. The number of benzene rings is 1. The molecule has 0 atom stereocenters. The molecule has 1 aromatic heterocycles. The topological polar surface area (TPSA) is 64.0 Å². The van der Waals surface area contributed by atoms with Gasteiger partial charge in [-0.15, -0.1) is 0 Å². The SMILES string of the molecule is O=C(/C=C/c1ccc(F)cc1)NCCn1ncccc1=O. The van der Waals surface area contributed by atoms with Crippen molar-refractivity contribution in [3.63, 3.8) is 0 Å². The van der Waals surface area contributed by atoms with Gasteiger partial charge in [-0.05, 0) is 29.8 Å². The van der Waals surface area contributed by atoms with E-state index in [2.05, 4.69) is 10.4 Å². The second-order valence-electron chi connectivity index (χ2n) is 4.26. The third-order valence-corrected chi connectivity index (χ3v) is 2.71. The zero-order valence-electron chi connectivity index (χ0n) is 11.2. The molecule has 108 valence electrons. The van der Waals surface area contributed by atoms with Crippen molar-refractivity contribution in [2.75, 3.05) is 6.54 Å². The molecule has 0 saturated carbocycles. The van der Waals surface area contributed by atoms with Gasteiger partial charge in [-0.3, -0.25) is 9.59 Å². The van der Waals surface area contributed by atoms with E-state index < -0.39 is 0 Å². The van der Waals surface area contributed by atoms with Gasteiger partial charge in [0, 0.05) is 24.9 Å². The van der Waals surface area contributed by atoms with E-state index in [1.807, 2.05) is 0 Å². The summed E-state index contributed by atoms with van der Waals surface area (Å²) in [5.41, 5.74) is 0.515. The van der Waals surface area contributed by atoms with Crippen LogP contribution in [0.5, 0.6) is 0 Å². The first-order chi connectivity index (χ1) is 10.1. The molecule has 1 heterocycles. The van der Waals surface area contributed by atoms with E-state index in [-0.39, 0.29) is 17.3 Å².